The first kappa shape index (κ1) is 15.0. The summed E-state index contributed by atoms with van der Waals surface area (Å²) in [6, 6.07) is 8.95. The average Bonchev–Trinajstić information content (AvgIpc) is 2.34. The second-order valence-electron chi connectivity index (χ2n) is 5.71. The van der Waals surface area contributed by atoms with Crippen LogP contribution in [0.25, 0.3) is 0 Å². The molecule has 0 spiro atoms. The van der Waals surface area contributed by atoms with Crippen LogP contribution in [0.2, 0.25) is 0 Å². The van der Waals surface area contributed by atoms with Crippen molar-refractivity contribution in [2.45, 2.75) is 46.6 Å². The number of rotatable bonds is 7. The van der Waals surface area contributed by atoms with E-state index in [1.165, 1.54) is 5.56 Å². The monoisotopic (exact) mass is 249 g/mol. The summed E-state index contributed by atoms with van der Waals surface area (Å²) >= 11 is 0. The first-order valence-electron chi connectivity index (χ1n) is 6.95. The number of nitrogens with one attached hydrogen (secondary N) is 1. The third-order valence-electron chi connectivity index (χ3n) is 2.93. The van der Waals surface area contributed by atoms with Crippen LogP contribution in [0.4, 0.5) is 0 Å². The van der Waals surface area contributed by atoms with Crippen molar-refractivity contribution in [3.8, 4) is 5.75 Å². The van der Waals surface area contributed by atoms with Crippen LogP contribution >= 0.6 is 0 Å². The molecule has 0 radical (unpaired) electrons. The number of ether oxygens (including phenoxy) is 1. The van der Waals surface area contributed by atoms with E-state index < -0.39 is 0 Å². The van der Waals surface area contributed by atoms with Gasteiger partial charge in [-0.1, -0.05) is 46.8 Å². The molecule has 0 saturated heterocycles. The fourth-order valence-corrected chi connectivity index (χ4v) is 1.70. The Bertz CT molecular complexity index is 347. The van der Waals surface area contributed by atoms with Crippen molar-refractivity contribution in [2.24, 2.45) is 5.92 Å². The highest BCUT2D eigenvalue weighted by Crippen LogP contribution is 2.20. The molecule has 1 unspecified atom stereocenters. The van der Waals surface area contributed by atoms with E-state index >= 15 is 0 Å². The van der Waals surface area contributed by atoms with Gasteiger partial charge in [-0.05, 0) is 23.6 Å². The normalized spacial score (nSPS) is 13.1. The number of benzene rings is 1. The molecule has 1 aromatic rings. The molecular formula is C16H27NO. The molecule has 0 aliphatic heterocycles. The third kappa shape index (κ3) is 5.54. The summed E-state index contributed by atoms with van der Waals surface area (Å²) in [5.74, 6) is 2.06. The van der Waals surface area contributed by atoms with E-state index in [0.29, 0.717) is 17.9 Å². The van der Waals surface area contributed by atoms with Crippen molar-refractivity contribution in [1.82, 2.24) is 5.32 Å². The van der Waals surface area contributed by atoms with Gasteiger partial charge in [0, 0.05) is 18.5 Å². The van der Waals surface area contributed by atoms with Gasteiger partial charge in [0.1, 0.15) is 5.75 Å². The van der Waals surface area contributed by atoms with Crippen LogP contribution in [0.3, 0.4) is 0 Å². The lowest BCUT2D eigenvalue weighted by Crippen LogP contribution is -2.30. The largest absolute Gasteiger partial charge is 0.493 e. The van der Waals surface area contributed by atoms with Gasteiger partial charge >= 0.3 is 0 Å². The topological polar surface area (TPSA) is 21.3 Å². The molecule has 2 heteroatoms. The highest BCUT2D eigenvalue weighted by molar-refractivity contribution is 5.30. The summed E-state index contributed by atoms with van der Waals surface area (Å²) in [6.07, 6.45) is 0. The average molecular weight is 249 g/mol. The predicted octanol–water partition coefficient (Wildman–Crippen LogP) is 3.82. The number of hydrogen-bond donors (Lipinski definition) is 1. The molecule has 1 aromatic carbocycles. The summed E-state index contributed by atoms with van der Waals surface area (Å²) in [4.78, 5) is 0. The molecule has 0 bridgehead atoms. The van der Waals surface area contributed by atoms with E-state index in [-0.39, 0.29) is 0 Å². The first-order chi connectivity index (χ1) is 8.49. The van der Waals surface area contributed by atoms with Crippen molar-refractivity contribution in [3.63, 3.8) is 0 Å². The first-order valence-corrected chi connectivity index (χ1v) is 6.95. The van der Waals surface area contributed by atoms with Crippen LogP contribution in [0.5, 0.6) is 5.75 Å². The maximum Gasteiger partial charge on any atom is 0.119 e. The zero-order valence-corrected chi connectivity index (χ0v) is 12.4. The van der Waals surface area contributed by atoms with Gasteiger partial charge in [0.05, 0.1) is 6.61 Å². The zero-order chi connectivity index (χ0) is 13.5. The SMILES string of the molecule is CC(CNC(C)C)COc1cccc(C(C)C)c1. The lowest BCUT2D eigenvalue weighted by atomic mass is 10.0. The zero-order valence-electron chi connectivity index (χ0n) is 12.4. The summed E-state index contributed by atoms with van der Waals surface area (Å²) in [5, 5.41) is 3.43. The fourth-order valence-electron chi connectivity index (χ4n) is 1.70. The molecule has 102 valence electrons. The van der Waals surface area contributed by atoms with Crippen molar-refractivity contribution >= 4 is 0 Å². The third-order valence-corrected chi connectivity index (χ3v) is 2.93. The lowest BCUT2D eigenvalue weighted by molar-refractivity contribution is 0.253. The van der Waals surface area contributed by atoms with Crippen LogP contribution in [0.1, 0.15) is 46.1 Å². The Hall–Kier alpha value is -1.02. The second-order valence-corrected chi connectivity index (χ2v) is 5.71. The quantitative estimate of drug-likeness (QED) is 0.793. The second kappa shape index (κ2) is 7.42. The van der Waals surface area contributed by atoms with Crippen LogP contribution < -0.4 is 10.1 Å². The fraction of sp³-hybridized carbons (Fsp3) is 0.625. The van der Waals surface area contributed by atoms with Crippen molar-refractivity contribution in [2.75, 3.05) is 13.2 Å². The molecule has 0 heterocycles. The van der Waals surface area contributed by atoms with Gasteiger partial charge in [-0.25, -0.2) is 0 Å². The molecule has 1 N–H and O–H groups in total. The smallest absolute Gasteiger partial charge is 0.119 e. The highest BCUT2D eigenvalue weighted by atomic mass is 16.5. The van der Waals surface area contributed by atoms with Crippen LogP contribution in [0, 0.1) is 5.92 Å². The van der Waals surface area contributed by atoms with E-state index in [4.69, 9.17) is 4.74 Å². The minimum atomic E-state index is 0.523. The van der Waals surface area contributed by atoms with Crippen LogP contribution in [-0.2, 0) is 0 Å². The Morgan fingerprint density at radius 2 is 1.83 bits per heavy atom. The maximum absolute atomic E-state index is 5.85. The molecule has 18 heavy (non-hydrogen) atoms. The van der Waals surface area contributed by atoms with Crippen molar-refractivity contribution in [3.05, 3.63) is 29.8 Å². The molecule has 0 aliphatic rings. The Morgan fingerprint density at radius 1 is 1.11 bits per heavy atom. The minimum Gasteiger partial charge on any atom is -0.493 e. The summed E-state index contributed by atoms with van der Waals surface area (Å²) in [5.41, 5.74) is 1.33. The molecule has 2 nitrogen and oxygen atoms in total. The molecule has 1 atom stereocenters. The van der Waals surface area contributed by atoms with E-state index in [1.54, 1.807) is 0 Å². The van der Waals surface area contributed by atoms with Gasteiger partial charge < -0.3 is 10.1 Å². The van der Waals surface area contributed by atoms with Gasteiger partial charge in [0.25, 0.3) is 0 Å². The standard InChI is InChI=1S/C16H27NO/c1-12(2)15-7-6-8-16(9-15)18-11-14(5)10-17-13(3)4/h6-9,12-14,17H,10-11H2,1-5H3. The van der Waals surface area contributed by atoms with Gasteiger partial charge in [0.15, 0.2) is 0 Å². The van der Waals surface area contributed by atoms with Crippen molar-refractivity contribution in [1.29, 1.82) is 0 Å². The molecule has 0 aromatic heterocycles. The molecule has 0 saturated carbocycles. The van der Waals surface area contributed by atoms with Crippen molar-refractivity contribution < 1.29 is 4.74 Å². The molecule has 0 amide bonds. The highest BCUT2D eigenvalue weighted by Gasteiger charge is 2.05. The van der Waals surface area contributed by atoms with E-state index in [0.717, 1.165) is 18.9 Å². The summed E-state index contributed by atoms with van der Waals surface area (Å²) in [6.45, 7) is 12.7. The van der Waals surface area contributed by atoms with Gasteiger partial charge in [0.2, 0.25) is 0 Å². The summed E-state index contributed by atoms with van der Waals surface area (Å²) < 4.78 is 5.85. The van der Waals surface area contributed by atoms with Crippen LogP contribution in [0.15, 0.2) is 24.3 Å². The Morgan fingerprint density at radius 3 is 2.44 bits per heavy atom. The van der Waals surface area contributed by atoms with Crippen LogP contribution in [-0.4, -0.2) is 19.2 Å². The summed E-state index contributed by atoms with van der Waals surface area (Å²) in [7, 11) is 0. The van der Waals surface area contributed by atoms with E-state index in [1.807, 2.05) is 6.07 Å². The van der Waals surface area contributed by atoms with E-state index in [2.05, 4.69) is 58.1 Å². The van der Waals surface area contributed by atoms with E-state index in [9.17, 15) is 0 Å². The number of hydrogen-bond acceptors (Lipinski definition) is 2. The minimum absolute atomic E-state index is 0.523. The van der Waals surface area contributed by atoms with Gasteiger partial charge in [-0.3, -0.25) is 0 Å². The van der Waals surface area contributed by atoms with Gasteiger partial charge in [-0.2, -0.15) is 0 Å². The van der Waals surface area contributed by atoms with Gasteiger partial charge in [-0.15, -0.1) is 0 Å². The maximum atomic E-state index is 5.85. The molecule has 1 rings (SSSR count). The Labute approximate surface area is 112 Å². The Balaban J connectivity index is 2.40. The molecule has 0 fully saturated rings. The Kier molecular flexibility index (Phi) is 6.20. The lowest BCUT2D eigenvalue weighted by Gasteiger charge is -2.16. The predicted molar refractivity (Wildman–Crippen MR) is 78.3 cm³/mol. The molecule has 0 aliphatic carbocycles. The molecular weight excluding hydrogens is 222 g/mol.